The molecule has 0 saturated carbocycles. The zero-order chi connectivity index (χ0) is 15.5. The van der Waals surface area contributed by atoms with Gasteiger partial charge in [-0.25, -0.2) is 4.98 Å². The maximum absolute atomic E-state index is 12.3. The molecule has 1 aromatic rings. The molecule has 0 radical (unpaired) electrons. The van der Waals surface area contributed by atoms with Crippen LogP contribution in [0.2, 0.25) is 5.02 Å². The van der Waals surface area contributed by atoms with Crippen molar-refractivity contribution in [2.24, 2.45) is 5.92 Å². The number of hydrogen-bond donors (Lipinski definition) is 1. The number of likely N-dealkylation sites (tertiary alicyclic amines) is 1. The summed E-state index contributed by atoms with van der Waals surface area (Å²) in [6, 6.07) is 0.187. The Balaban J connectivity index is 1.84. The highest BCUT2D eigenvalue weighted by Crippen LogP contribution is 2.24. The van der Waals surface area contributed by atoms with Gasteiger partial charge < -0.3 is 10.1 Å². The molecule has 118 valence electrons. The van der Waals surface area contributed by atoms with Gasteiger partial charge >= 0.3 is 12.2 Å². The van der Waals surface area contributed by atoms with Crippen LogP contribution in [-0.2, 0) is 0 Å². The molecule has 1 aromatic heterocycles. The van der Waals surface area contributed by atoms with Crippen molar-refractivity contribution in [2.45, 2.75) is 12.6 Å². The van der Waals surface area contributed by atoms with Crippen molar-refractivity contribution in [1.29, 1.82) is 0 Å². The SMILES string of the molecule is COc1ncc(Cl)c(NCC2CCN(CC(F)(F)F)C2)n1. The van der Waals surface area contributed by atoms with Crippen molar-refractivity contribution in [3.63, 3.8) is 0 Å². The molecule has 1 aliphatic rings. The Bertz CT molecular complexity index is 486. The molecule has 0 amide bonds. The fourth-order valence-corrected chi connectivity index (χ4v) is 2.45. The van der Waals surface area contributed by atoms with Gasteiger partial charge in [0.2, 0.25) is 0 Å². The zero-order valence-corrected chi connectivity index (χ0v) is 12.2. The number of ether oxygens (including phenoxy) is 1. The Morgan fingerprint density at radius 2 is 2.29 bits per heavy atom. The number of anilines is 1. The molecule has 1 N–H and O–H groups in total. The van der Waals surface area contributed by atoms with Crippen molar-refractivity contribution in [3.05, 3.63) is 11.2 Å². The van der Waals surface area contributed by atoms with Gasteiger partial charge in [-0.05, 0) is 18.9 Å². The maximum atomic E-state index is 12.3. The fraction of sp³-hybridized carbons (Fsp3) is 0.667. The number of rotatable bonds is 5. The van der Waals surface area contributed by atoms with E-state index in [1.807, 2.05) is 0 Å². The molecule has 2 heterocycles. The molecule has 0 spiro atoms. The lowest BCUT2D eigenvalue weighted by Gasteiger charge is -2.18. The summed E-state index contributed by atoms with van der Waals surface area (Å²) in [7, 11) is 1.44. The van der Waals surface area contributed by atoms with Gasteiger partial charge in [0, 0.05) is 13.1 Å². The second-order valence-electron chi connectivity index (χ2n) is 4.94. The van der Waals surface area contributed by atoms with Crippen molar-refractivity contribution >= 4 is 17.4 Å². The van der Waals surface area contributed by atoms with E-state index >= 15 is 0 Å². The van der Waals surface area contributed by atoms with Crippen LogP contribution in [0.25, 0.3) is 0 Å². The Kier molecular flexibility index (Phi) is 5.10. The molecule has 1 atom stereocenters. The molecule has 1 fully saturated rings. The minimum Gasteiger partial charge on any atom is -0.467 e. The molecular weight excluding hydrogens is 309 g/mol. The van der Waals surface area contributed by atoms with Gasteiger partial charge in [0.1, 0.15) is 5.02 Å². The first-order chi connectivity index (χ1) is 9.87. The Morgan fingerprint density at radius 3 is 2.95 bits per heavy atom. The van der Waals surface area contributed by atoms with Crippen LogP contribution < -0.4 is 10.1 Å². The maximum Gasteiger partial charge on any atom is 0.401 e. The monoisotopic (exact) mass is 324 g/mol. The standard InChI is InChI=1S/C12H16ClF3N4O/c1-21-11-18-5-9(13)10(19-11)17-4-8-2-3-20(6-8)7-12(14,15)16/h5,8H,2-4,6-7H2,1H3,(H,17,18,19). The van der Waals surface area contributed by atoms with Crippen LogP contribution >= 0.6 is 11.6 Å². The van der Waals surface area contributed by atoms with Gasteiger partial charge in [-0.1, -0.05) is 11.6 Å². The summed E-state index contributed by atoms with van der Waals surface area (Å²) in [5.41, 5.74) is 0. The number of hydrogen-bond acceptors (Lipinski definition) is 5. The van der Waals surface area contributed by atoms with Crippen molar-refractivity contribution in [3.8, 4) is 6.01 Å². The van der Waals surface area contributed by atoms with Crippen LogP contribution in [0, 0.1) is 5.92 Å². The number of alkyl halides is 3. The molecule has 9 heteroatoms. The number of halogens is 4. The first-order valence-electron chi connectivity index (χ1n) is 6.47. The molecule has 1 unspecified atom stereocenters. The third-order valence-electron chi connectivity index (χ3n) is 3.24. The Hall–Kier alpha value is -1.28. The third-order valence-corrected chi connectivity index (χ3v) is 3.51. The topological polar surface area (TPSA) is 50.3 Å². The largest absolute Gasteiger partial charge is 0.467 e. The highest BCUT2D eigenvalue weighted by molar-refractivity contribution is 6.32. The summed E-state index contributed by atoms with van der Waals surface area (Å²) in [4.78, 5) is 9.32. The predicted molar refractivity (Wildman–Crippen MR) is 72.7 cm³/mol. The van der Waals surface area contributed by atoms with Crippen LogP contribution in [0.3, 0.4) is 0 Å². The third kappa shape index (κ3) is 4.89. The minimum absolute atomic E-state index is 0.129. The summed E-state index contributed by atoms with van der Waals surface area (Å²) in [5.74, 6) is 0.558. The molecule has 0 bridgehead atoms. The second-order valence-corrected chi connectivity index (χ2v) is 5.35. The van der Waals surface area contributed by atoms with E-state index < -0.39 is 12.7 Å². The average Bonchev–Trinajstić information content (AvgIpc) is 2.83. The van der Waals surface area contributed by atoms with Crippen molar-refractivity contribution in [2.75, 3.05) is 38.6 Å². The molecule has 0 aliphatic carbocycles. The molecule has 5 nitrogen and oxygen atoms in total. The molecule has 2 rings (SSSR count). The lowest BCUT2D eigenvalue weighted by Crippen LogP contribution is -2.33. The number of nitrogens with zero attached hydrogens (tertiary/aromatic N) is 3. The van der Waals surface area contributed by atoms with E-state index in [0.29, 0.717) is 36.9 Å². The highest BCUT2D eigenvalue weighted by Gasteiger charge is 2.34. The van der Waals surface area contributed by atoms with Gasteiger partial charge in [-0.2, -0.15) is 18.2 Å². The first kappa shape index (κ1) is 16.1. The normalized spacial score (nSPS) is 19.8. The first-order valence-corrected chi connectivity index (χ1v) is 6.84. The molecule has 1 aliphatic heterocycles. The highest BCUT2D eigenvalue weighted by atomic mass is 35.5. The van der Waals surface area contributed by atoms with E-state index in [0.717, 1.165) is 0 Å². The molecule has 0 aromatic carbocycles. The lowest BCUT2D eigenvalue weighted by molar-refractivity contribution is -0.143. The Morgan fingerprint density at radius 1 is 1.52 bits per heavy atom. The van der Waals surface area contributed by atoms with Crippen molar-refractivity contribution < 1.29 is 17.9 Å². The van der Waals surface area contributed by atoms with E-state index in [4.69, 9.17) is 16.3 Å². The van der Waals surface area contributed by atoms with Crippen molar-refractivity contribution in [1.82, 2.24) is 14.9 Å². The van der Waals surface area contributed by atoms with Crippen LogP contribution in [0.1, 0.15) is 6.42 Å². The van der Waals surface area contributed by atoms with Gasteiger partial charge in [0.25, 0.3) is 0 Å². The fourth-order valence-electron chi connectivity index (χ4n) is 2.29. The van der Waals surface area contributed by atoms with Gasteiger partial charge in [-0.15, -0.1) is 0 Å². The van der Waals surface area contributed by atoms with E-state index in [1.54, 1.807) is 0 Å². The van der Waals surface area contributed by atoms with E-state index in [2.05, 4.69) is 15.3 Å². The van der Waals surface area contributed by atoms with E-state index in [-0.39, 0.29) is 11.9 Å². The van der Waals surface area contributed by atoms with E-state index in [1.165, 1.54) is 18.2 Å². The average molecular weight is 325 g/mol. The Labute approximate surface area is 125 Å². The number of aromatic nitrogens is 2. The molecule has 1 saturated heterocycles. The molecule has 21 heavy (non-hydrogen) atoms. The molecular formula is C12H16ClF3N4O. The minimum atomic E-state index is -4.15. The van der Waals surface area contributed by atoms with Gasteiger partial charge in [0.15, 0.2) is 5.82 Å². The summed E-state index contributed by atoms with van der Waals surface area (Å²) in [6.45, 7) is 0.513. The lowest BCUT2D eigenvalue weighted by atomic mass is 10.1. The second kappa shape index (κ2) is 6.65. The number of nitrogens with one attached hydrogen (secondary N) is 1. The summed E-state index contributed by atoms with van der Waals surface area (Å²) in [5, 5.41) is 3.39. The van der Waals surface area contributed by atoms with Crippen LogP contribution in [0.4, 0.5) is 19.0 Å². The number of methoxy groups -OCH3 is 1. The van der Waals surface area contributed by atoms with Gasteiger partial charge in [0.05, 0.1) is 19.9 Å². The summed E-state index contributed by atoms with van der Waals surface area (Å²) >= 11 is 5.95. The summed E-state index contributed by atoms with van der Waals surface area (Å²) < 4.78 is 41.8. The van der Waals surface area contributed by atoms with Crippen LogP contribution in [-0.4, -0.2) is 54.3 Å². The smallest absolute Gasteiger partial charge is 0.401 e. The van der Waals surface area contributed by atoms with Gasteiger partial charge in [-0.3, -0.25) is 4.90 Å². The van der Waals surface area contributed by atoms with Crippen LogP contribution in [0.5, 0.6) is 6.01 Å². The quantitative estimate of drug-likeness (QED) is 0.901. The summed E-state index contributed by atoms with van der Waals surface area (Å²) in [6.07, 6.45) is -2.02. The van der Waals surface area contributed by atoms with Crippen LogP contribution in [0.15, 0.2) is 6.20 Å². The zero-order valence-electron chi connectivity index (χ0n) is 11.5. The predicted octanol–water partition coefficient (Wildman–Crippen LogP) is 2.43. The van der Waals surface area contributed by atoms with E-state index in [9.17, 15) is 13.2 Å².